The molecule has 20 heavy (non-hydrogen) atoms. The number of carbonyl (C=O) groups is 1. The van der Waals surface area contributed by atoms with Crippen molar-refractivity contribution in [1.82, 2.24) is 0 Å². The predicted molar refractivity (Wildman–Crippen MR) is 83.9 cm³/mol. The highest BCUT2D eigenvalue weighted by Gasteiger charge is 2.09. The van der Waals surface area contributed by atoms with Gasteiger partial charge in [-0.2, -0.15) is 4.99 Å². The fourth-order valence-corrected chi connectivity index (χ4v) is 2.80. The summed E-state index contributed by atoms with van der Waals surface area (Å²) in [5.74, 6) is -0.613. The van der Waals surface area contributed by atoms with Crippen molar-refractivity contribution >= 4 is 23.2 Å². The minimum Gasteiger partial charge on any atom is -0.370 e. The van der Waals surface area contributed by atoms with Gasteiger partial charge < -0.3 is 11.5 Å². The van der Waals surface area contributed by atoms with Crippen LogP contribution in [0.3, 0.4) is 0 Å². The van der Waals surface area contributed by atoms with Gasteiger partial charge >= 0.3 is 0 Å². The van der Waals surface area contributed by atoms with E-state index in [4.69, 9.17) is 11.5 Å². The third-order valence-corrected chi connectivity index (χ3v) is 3.95. The molecule has 0 bridgehead atoms. The lowest BCUT2D eigenvalue weighted by atomic mass is 10.1. The maximum atomic E-state index is 11.7. The SMILES string of the molecule is CCCc1ccc(-c2ccc(C(=O)N=C(N)N)s2)cc1. The zero-order valence-electron chi connectivity index (χ0n) is 11.3. The van der Waals surface area contributed by atoms with Crippen LogP contribution in [0.4, 0.5) is 0 Å². The highest BCUT2D eigenvalue weighted by Crippen LogP contribution is 2.28. The van der Waals surface area contributed by atoms with E-state index in [1.54, 1.807) is 6.07 Å². The van der Waals surface area contributed by atoms with Gasteiger partial charge in [0.25, 0.3) is 5.91 Å². The third-order valence-electron chi connectivity index (χ3n) is 2.82. The Labute approximate surface area is 122 Å². The lowest BCUT2D eigenvalue weighted by Gasteiger charge is -2.00. The topological polar surface area (TPSA) is 81.5 Å². The Kier molecular flexibility index (Phi) is 4.53. The van der Waals surface area contributed by atoms with Crippen LogP contribution in [-0.4, -0.2) is 11.9 Å². The molecule has 1 amide bonds. The molecule has 0 aliphatic carbocycles. The summed E-state index contributed by atoms with van der Waals surface area (Å²) in [4.78, 5) is 16.8. The zero-order chi connectivity index (χ0) is 14.5. The second-order valence-corrected chi connectivity index (χ2v) is 5.54. The highest BCUT2D eigenvalue weighted by molar-refractivity contribution is 7.17. The van der Waals surface area contributed by atoms with Crippen LogP contribution in [0.2, 0.25) is 0 Å². The Bertz CT molecular complexity index is 625. The number of carbonyl (C=O) groups excluding carboxylic acids is 1. The van der Waals surface area contributed by atoms with Gasteiger partial charge in [0, 0.05) is 4.88 Å². The molecule has 104 valence electrons. The van der Waals surface area contributed by atoms with E-state index in [1.807, 2.05) is 6.07 Å². The Balaban J connectivity index is 2.20. The van der Waals surface area contributed by atoms with E-state index in [-0.39, 0.29) is 5.96 Å². The number of rotatable bonds is 4. The summed E-state index contributed by atoms with van der Waals surface area (Å²) in [5, 5.41) is 0. The van der Waals surface area contributed by atoms with Crippen molar-refractivity contribution in [2.24, 2.45) is 16.5 Å². The van der Waals surface area contributed by atoms with Crippen LogP contribution < -0.4 is 11.5 Å². The monoisotopic (exact) mass is 287 g/mol. The molecular formula is C15H17N3OS. The maximum Gasteiger partial charge on any atom is 0.290 e. The van der Waals surface area contributed by atoms with Crippen LogP contribution in [0.1, 0.15) is 28.6 Å². The second kappa shape index (κ2) is 6.34. The van der Waals surface area contributed by atoms with Crippen LogP contribution in [0, 0.1) is 0 Å². The van der Waals surface area contributed by atoms with E-state index in [2.05, 4.69) is 36.2 Å². The first-order valence-corrected chi connectivity index (χ1v) is 7.25. The normalized spacial score (nSPS) is 10.2. The van der Waals surface area contributed by atoms with Crippen LogP contribution in [0.5, 0.6) is 0 Å². The smallest absolute Gasteiger partial charge is 0.290 e. The molecule has 0 aliphatic rings. The summed E-state index contributed by atoms with van der Waals surface area (Å²) in [5.41, 5.74) is 12.8. The largest absolute Gasteiger partial charge is 0.370 e. The van der Waals surface area contributed by atoms with Gasteiger partial charge in [-0.3, -0.25) is 4.79 Å². The summed E-state index contributed by atoms with van der Waals surface area (Å²) in [6.45, 7) is 2.16. The van der Waals surface area contributed by atoms with Crippen molar-refractivity contribution in [3.05, 3.63) is 46.8 Å². The van der Waals surface area contributed by atoms with Gasteiger partial charge in [0.05, 0.1) is 4.88 Å². The first kappa shape index (κ1) is 14.3. The number of hydrogen-bond acceptors (Lipinski definition) is 2. The molecular weight excluding hydrogens is 270 g/mol. The number of benzene rings is 1. The molecule has 0 aliphatic heterocycles. The number of hydrogen-bond donors (Lipinski definition) is 2. The molecule has 2 aromatic rings. The first-order chi connectivity index (χ1) is 9.60. The molecule has 0 fully saturated rings. The van der Waals surface area contributed by atoms with Gasteiger partial charge in [0.1, 0.15) is 0 Å². The molecule has 0 radical (unpaired) electrons. The molecule has 0 spiro atoms. The van der Waals surface area contributed by atoms with Crippen LogP contribution in [-0.2, 0) is 6.42 Å². The Morgan fingerprint density at radius 3 is 2.45 bits per heavy atom. The van der Waals surface area contributed by atoms with Gasteiger partial charge in [-0.15, -0.1) is 11.3 Å². The molecule has 0 saturated carbocycles. The minimum absolute atomic E-state index is 0.214. The molecule has 2 rings (SSSR count). The van der Waals surface area contributed by atoms with Crippen molar-refractivity contribution < 1.29 is 4.79 Å². The molecule has 1 heterocycles. The number of thiophene rings is 1. The average Bonchev–Trinajstić information content (AvgIpc) is 2.89. The van der Waals surface area contributed by atoms with E-state index in [9.17, 15) is 4.79 Å². The van der Waals surface area contributed by atoms with E-state index >= 15 is 0 Å². The zero-order valence-corrected chi connectivity index (χ0v) is 12.1. The van der Waals surface area contributed by atoms with Gasteiger partial charge in [-0.1, -0.05) is 37.6 Å². The number of nitrogens with two attached hydrogens (primary N) is 2. The molecule has 1 aromatic carbocycles. The van der Waals surface area contributed by atoms with Crippen molar-refractivity contribution in [1.29, 1.82) is 0 Å². The maximum absolute atomic E-state index is 11.7. The highest BCUT2D eigenvalue weighted by atomic mass is 32.1. The van der Waals surface area contributed by atoms with Gasteiger partial charge in [-0.25, -0.2) is 0 Å². The minimum atomic E-state index is -0.399. The number of aryl methyl sites for hydroxylation is 1. The molecule has 1 aromatic heterocycles. The summed E-state index contributed by atoms with van der Waals surface area (Å²) < 4.78 is 0. The summed E-state index contributed by atoms with van der Waals surface area (Å²) in [6.07, 6.45) is 2.22. The molecule has 0 atom stereocenters. The van der Waals surface area contributed by atoms with Gasteiger partial charge in [0.2, 0.25) is 0 Å². The van der Waals surface area contributed by atoms with Gasteiger partial charge in [-0.05, 0) is 29.7 Å². The van der Waals surface area contributed by atoms with Crippen molar-refractivity contribution in [2.45, 2.75) is 19.8 Å². The van der Waals surface area contributed by atoms with Gasteiger partial charge in [0.15, 0.2) is 5.96 Å². The fourth-order valence-electron chi connectivity index (χ4n) is 1.90. The summed E-state index contributed by atoms with van der Waals surface area (Å²) >= 11 is 1.39. The first-order valence-electron chi connectivity index (χ1n) is 6.43. The summed E-state index contributed by atoms with van der Waals surface area (Å²) in [7, 11) is 0. The Hall–Kier alpha value is -2.14. The molecule has 4 nitrogen and oxygen atoms in total. The average molecular weight is 287 g/mol. The summed E-state index contributed by atoms with van der Waals surface area (Å²) in [6, 6.07) is 12.0. The van der Waals surface area contributed by atoms with Crippen LogP contribution in [0.15, 0.2) is 41.4 Å². The van der Waals surface area contributed by atoms with Crippen molar-refractivity contribution in [3.63, 3.8) is 0 Å². The van der Waals surface area contributed by atoms with Crippen molar-refractivity contribution in [2.75, 3.05) is 0 Å². The third kappa shape index (κ3) is 3.45. The lowest BCUT2D eigenvalue weighted by molar-refractivity contribution is 0.101. The Morgan fingerprint density at radius 1 is 1.15 bits per heavy atom. The second-order valence-electron chi connectivity index (χ2n) is 4.45. The van der Waals surface area contributed by atoms with Crippen molar-refractivity contribution in [3.8, 4) is 10.4 Å². The van der Waals surface area contributed by atoms with Crippen LogP contribution >= 0.6 is 11.3 Å². The van der Waals surface area contributed by atoms with E-state index in [1.165, 1.54) is 16.9 Å². The van der Waals surface area contributed by atoms with E-state index < -0.39 is 5.91 Å². The lowest BCUT2D eigenvalue weighted by Crippen LogP contribution is -2.24. The number of aliphatic imine (C=N–C) groups is 1. The molecule has 5 heteroatoms. The predicted octanol–water partition coefficient (Wildman–Crippen LogP) is 2.78. The number of nitrogens with zero attached hydrogens (tertiary/aromatic N) is 1. The number of guanidine groups is 1. The Morgan fingerprint density at radius 2 is 1.85 bits per heavy atom. The molecule has 0 saturated heterocycles. The molecule has 0 unspecified atom stereocenters. The van der Waals surface area contributed by atoms with Crippen LogP contribution in [0.25, 0.3) is 10.4 Å². The van der Waals surface area contributed by atoms with E-state index in [0.29, 0.717) is 4.88 Å². The standard InChI is InChI=1S/C15H17N3OS/c1-2-3-10-4-6-11(7-5-10)12-8-9-13(20-12)14(19)18-15(16)17/h4-9H,2-3H2,1H3,(H4,16,17,18,19). The van der Waals surface area contributed by atoms with E-state index in [0.717, 1.165) is 23.3 Å². The molecule has 4 N–H and O–H groups in total. The number of amides is 1. The fraction of sp³-hybridized carbons (Fsp3) is 0.200. The quantitative estimate of drug-likeness (QED) is 0.670.